The van der Waals surface area contributed by atoms with Gasteiger partial charge in [-0.3, -0.25) is 0 Å². The number of rotatable bonds is 5. The van der Waals surface area contributed by atoms with Crippen LogP contribution in [0.5, 0.6) is 0 Å². The number of sulfonamides is 1. The van der Waals surface area contributed by atoms with Crippen molar-refractivity contribution in [2.45, 2.75) is 83.8 Å². The number of allylic oxidation sites excluding steroid dienone is 3. The zero-order chi connectivity index (χ0) is 21.9. The minimum Gasteiger partial charge on any atom is -0.393 e. The Kier molecular flexibility index (Phi) is 5.57. The van der Waals surface area contributed by atoms with Gasteiger partial charge in [0.15, 0.2) is 0 Å². The minimum absolute atomic E-state index is 0.117. The zero-order valence-corrected chi connectivity index (χ0v) is 19.8. The number of nitrogens with zero attached hydrogens (tertiary/aromatic N) is 1. The Hall–Kier alpha value is -0.690. The topological polar surface area (TPSA) is 77.8 Å². The first-order valence-electron chi connectivity index (χ1n) is 11.7. The van der Waals surface area contributed by atoms with Gasteiger partial charge in [-0.2, -0.15) is 4.31 Å². The molecule has 3 saturated carbocycles. The molecule has 4 aliphatic rings. The van der Waals surface area contributed by atoms with Gasteiger partial charge in [0.1, 0.15) is 0 Å². The van der Waals surface area contributed by atoms with E-state index in [1.165, 1.54) is 21.7 Å². The summed E-state index contributed by atoms with van der Waals surface area (Å²) >= 11 is 0. The van der Waals surface area contributed by atoms with Crippen LogP contribution < -0.4 is 0 Å². The summed E-state index contributed by atoms with van der Waals surface area (Å²) in [5.74, 6) is 0.776. The van der Waals surface area contributed by atoms with Crippen molar-refractivity contribution < 1.29 is 18.6 Å². The lowest BCUT2D eigenvalue weighted by Gasteiger charge is -2.56. The first-order valence-corrected chi connectivity index (χ1v) is 13.6. The highest BCUT2D eigenvalue weighted by Gasteiger charge is 2.62. The summed E-state index contributed by atoms with van der Waals surface area (Å²) in [6.07, 6.45) is 12.5. The Morgan fingerprint density at radius 3 is 2.47 bits per heavy atom. The lowest BCUT2D eigenvalue weighted by atomic mass is 9.50. The van der Waals surface area contributed by atoms with Crippen LogP contribution in [-0.2, 0) is 10.0 Å². The van der Waals surface area contributed by atoms with Gasteiger partial charge in [0.2, 0.25) is 10.0 Å². The fraction of sp³-hybridized carbons (Fsp3) is 0.833. The van der Waals surface area contributed by atoms with Crippen molar-refractivity contribution in [3.63, 3.8) is 0 Å². The van der Waals surface area contributed by atoms with E-state index in [4.69, 9.17) is 0 Å². The van der Waals surface area contributed by atoms with Gasteiger partial charge in [-0.15, -0.1) is 0 Å². The monoisotopic (exact) mass is 437 g/mol. The van der Waals surface area contributed by atoms with E-state index in [9.17, 15) is 18.6 Å². The second kappa shape index (κ2) is 7.43. The van der Waals surface area contributed by atoms with E-state index in [2.05, 4.69) is 26.0 Å². The molecular formula is C24H39NO4S. The van der Waals surface area contributed by atoms with Crippen molar-refractivity contribution in [3.8, 4) is 0 Å². The lowest BCUT2D eigenvalue weighted by molar-refractivity contribution is -0.0926. The molecule has 0 aliphatic heterocycles. The van der Waals surface area contributed by atoms with Gasteiger partial charge in [0, 0.05) is 18.5 Å². The number of hydrogen-bond donors (Lipinski definition) is 2. The molecule has 0 aromatic rings. The molecular weight excluding hydrogens is 398 g/mol. The fourth-order valence-electron chi connectivity index (χ4n) is 7.26. The molecule has 0 aromatic heterocycles. The molecule has 0 saturated heterocycles. The smallest absolute Gasteiger partial charge is 0.211 e. The van der Waals surface area contributed by atoms with Gasteiger partial charge in [-0.05, 0) is 68.6 Å². The Morgan fingerprint density at radius 1 is 1.10 bits per heavy atom. The normalized spacial score (nSPS) is 43.5. The van der Waals surface area contributed by atoms with Crippen molar-refractivity contribution >= 4 is 10.0 Å². The molecule has 5 nitrogen and oxygen atoms in total. The maximum Gasteiger partial charge on any atom is 0.211 e. The van der Waals surface area contributed by atoms with Crippen LogP contribution >= 0.6 is 0 Å². The Labute approximate surface area is 182 Å². The molecule has 0 heterocycles. The Morgan fingerprint density at radius 2 is 1.80 bits per heavy atom. The molecule has 0 radical (unpaired) electrons. The third-order valence-electron chi connectivity index (χ3n) is 9.25. The van der Waals surface area contributed by atoms with Crippen LogP contribution in [0, 0.1) is 22.7 Å². The van der Waals surface area contributed by atoms with Crippen molar-refractivity contribution in [1.82, 2.24) is 4.31 Å². The number of fused-ring (bicyclic) bond motifs is 5. The molecule has 2 N–H and O–H groups in total. The van der Waals surface area contributed by atoms with Crippen LogP contribution in [-0.4, -0.2) is 54.0 Å². The van der Waals surface area contributed by atoms with Gasteiger partial charge in [-0.1, -0.05) is 44.1 Å². The highest BCUT2D eigenvalue weighted by atomic mass is 32.2. The van der Waals surface area contributed by atoms with Gasteiger partial charge in [-0.25, -0.2) is 8.42 Å². The van der Waals surface area contributed by atoms with Gasteiger partial charge < -0.3 is 10.2 Å². The minimum atomic E-state index is -3.35. The Balaban J connectivity index is 1.65. The third kappa shape index (κ3) is 3.33. The molecule has 4 aliphatic carbocycles. The van der Waals surface area contributed by atoms with Crippen molar-refractivity contribution in [1.29, 1.82) is 0 Å². The van der Waals surface area contributed by atoms with Crippen LogP contribution in [0.15, 0.2) is 23.3 Å². The maximum atomic E-state index is 12.3. The summed E-state index contributed by atoms with van der Waals surface area (Å²) in [6, 6.07) is 0. The number of aliphatic hydroxyl groups excluding tert-OH is 1. The van der Waals surface area contributed by atoms with Crippen molar-refractivity contribution in [3.05, 3.63) is 23.3 Å². The maximum absolute atomic E-state index is 12.3. The summed E-state index contributed by atoms with van der Waals surface area (Å²) in [5.41, 5.74) is 1.67. The number of aliphatic hydroxyl groups is 2. The van der Waals surface area contributed by atoms with Crippen molar-refractivity contribution in [2.24, 2.45) is 22.7 Å². The zero-order valence-electron chi connectivity index (χ0n) is 19.0. The molecule has 0 spiro atoms. The molecule has 0 bridgehead atoms. The van der Waals surface area contributed by atoms with E-state index in [-0.39, 0.29) is 23.5 Å². The molecule has 6 atom stereocenters. The van der Waals surface area contributed by atoms with E-state index < -0.39 is 15.6 Å². The van der Waals surface area contributed by atoms with Crippen LogP contribution in [0.25, 0.3) is 0 Å². The first kappa shape index (κ1) is 22.5. The van der Waals surface area contributed by atoms with Crippen LogP contribution in [0.4, 0.5) is 0 Å². The fourth-order valence-corrected chi connectivity index (χ4v) is 8.22. The largest absolute Gasteiger partial charge is 0.393 e. The summed E-state index contributed by atoms with van der Waals surface area (Å²) < 4.78 is 26.2. The third-order valence-corrected chi connectivity index (χ3v) is 10.5. The molecule has 170 valence electrons. The van der Waals surface area contributed by atoms with E-state index in [1.807, 2.05) is 6.92 Å². The molecule has 0 amide bonds. The van der Waals surface area contributed by atoms with Crippen LogP contribution in [0.1, 0.15) is 72.1 Å². The second-order valence-corrected chi connectivity index (χ2v) is 12.9. The predicted octanol–water partition coefficient (Wildman–Crippen LogP) is 3.63. The summed E-state index contributed by atoms with van der Waals surface area (Å²) in [7, 11) is -3.35. The first-order chi connectivity index (χ1) is 13.9. The van der Waals surface area contributed by atoms with Crippen molar-refractivity contribution in [2.75, 3.05) is 19.3 Å². The van der Waals surface area contributed by atoms with E-state index >= 15 is 0 Å². The summed E-state index contributed by atoms with van der Waals surface area (Å²) in [6.45, 7) is 7.21. The SMILES string of the molecule is CCCN(CC1(O)CCC2C3=CC=C4CC(O)CCC4(C)C3CCC21C)S(C)(=O)=O. The van der Waals surface area contributed by atoms with Crippen LogP contribution in [0.3, 0.4) is 0 Å². The highest BCUT2D eigenvalue weighted by Crippen LogP contribution is 2.66. The predicted molar refractivity (Wildman–Crippen MR) is 119 cm³/mol. The van der Waals surface area contributed by atoms with Gasteiger partial charge >= 0.3 is 0 Å². The molecule has 6 unspecified atom stereocenters. The average Bonchev–Trinajstić information content (AvgIpc) is 2.92. The summed E-state index contributed by atoms with van der Waals surface area (Å²) in [4.78, 5) is 0. The average molecular weight is 438 g/mol. The van der Waals surface area contributed by atoms with Gasteiger partial charge in [0.25, 0.3) is 0 Å². The quantitative estimate of drug-likeness (QED) is 0.688. The molecule has 6 heteroatoms. The molecule has 4 rings (SSSR count). The second-order valence-electron chi connectivity index (χ2n) is 10.9. The Bertz CT molecular complexity index is 864. The molecule has 30 heavy (non-hydrogen) atoms. The van der Waals surface area contributed by atoms with E-state index in [0.717, 1.165) is 44.9 Å². The van der Waals surface area contributed by atoms with E-state index in [0.29, 0.717) is 24.8 Å². The molecule has 0 aromatic carbocycles. The number of hydrogen-bond acceptors (Lipinski definition) is 4. The van der Waals surface area contributed by atoms with Crippen LogP contribution in [0.2, 0.25) is 0 Å². The highest BCUT2D eigenvalue weighted by molar-refractivity contribution is 7.88. The van der Waals surface area contributed by atoms with Gasteiger partial charge in [0.05, 0.1) is 18.0 Å². The molecule has 3 fully saturated rings. The lowest BCUT2D eigenvalue weighted by Crippen LogP contribution is -2.56. The van der Waals surface area contributed by atoms with E-state index in [1.54, 1.807) is 0 Å². The standard InChI is InChI=1S/C24H39NO4S/c1-5-14-25(30(4,28)29)16-24(27)13-10-21-19-7-6-17-15-18(26)8-11-22(17,2)20(19)9-12-23(21,24)3/h6-7,18,20-21,26-27H,5,8-16H2,1-4H3. The summed E-state index contributed by atoms with van der Waals surface area (Å²) in [5, 5.41) is 22.0.